The van der Waals surface area contributed by atoms with Crippen LogP contribution >= 0.6 is 0 Å². The predicted molar refractivity (Wildman–Crippen MR) is 485 cm³/mol. The largest absolute Gasteiger partial charge is 0.0649 e. The molecule has 0 aromatic heterocycles. The van der Waals surface area contributed by atoms with Crippen LogP contribution in [0.5, 0.6) is 0 Å². The molecular weight excluding hydrogens is 1350 g/mol. The first-order valence-corrected chi connectivity index (χ1v) is 51.8. The molecule has 0 aromatic carbocycles. The summed E-state index contributed by atoms with van der Waals surface area (Å²) in [6, 6.07) is 0. The average Bonchev–Trinajstić information content (AvgIpc) is 1.57. The Morgan fingerprint density at radius 3 is 1.03 bits per heavy atom. The van der Waals surface area contributed by atoms with Crippen LogP contribution in [0.4, 0.5) is 0 Å². The molecule has 24 rings (SSSR count). The Bertz CT molecular complexity index is 3250. The first-order valence-electron chi connectivity index (χ1n) is 51.8. The maximum atomic E-state index is 2.60. The zero-order chi connectivity index (χ0) is 81.5. The van der Waals surface area contributed by atoms with Crippen molar-refractivity contribution >= 4 is 0 Å². The van der Waals surface area contributed by atoms with Crippen LogP contribution < -0.4 is 0 Å². The molecule has 0 N–H and O–H groups in total. The van der Waals surface area contributed by atoms with Gasteiger partial charge in [0, 0.05) is 0 Å². The van der Waals surface area contributed by atoms with Crippen LogP contribution in [-0.4, -0.2) is 0 Å². The summed E-state index contributed by atoms with van der Waals surface area (Å²) in [6.07, 6.45) is 59.4. The molecule has 24 bridgehead atoms. The number of hydrogen-bond donors (Lipinski definition) is 0. The standard InChI is InChI=1S/C15H24.C14H22.C14H24.2C13H24.2C12H22.C10H18.C9H16/c1-3-15(2)8-11-7-12(15)14-10-5-4-9(6-10)13(11)14;1-14(2)7-10-6-11(14)13-9-4-3-8(5-9)12(10)13;1-9(2)14(3)12-5-10-4-11(7-12)8-13(14)6-10;1-6-13(5)11(2,3)10-7-8-12(13,4)9-10;1-6-12(4)9-10-7-8-13(12,5)11(10,2)3;1-10(2)9-6-7-12(5,8-9)11(10,3)4;1-10(2)8-9-6-7-12(10,5)11(9,3)4;1-3-10(2)7-8-4-5-9(10)6-8;1-9(2)6-7-3-4-8(9)5-7/h9-14H,3-8H2,1-2H3;8-13H,3-7H2,1-2H3;9-13H,4-8H2,1-3H3;2*10H,6-9H2,1-5H3;2*9H,6-8H2,1-5H3;8-9H,3-7H2,1-2H3;7-8H,3-6H2,1-2H3. The van der Waals surface area contributed by atoms with Gasteiger partial charge in [-0.05, 0) is 458 Å². The average molecular weight is 1540 g/mol. The van der Waals surface area contributed by atoms with Gasteiger partial charge in [0.25, 0.3) is 0 Å². The minimum Gasteiger partial charge on any atom is -0.0649 e. The van der Waals surface area contributed by atoms with E-state index in [-0.39, 0.29) is 0 Å². The van der Waals surface area contributed by atoms with Crippen LogP contribution in [0, 0.1) is 240 Å². The summed E-state index contributed by atoms with van der Waals surface area (Å²) < 4.78 is 0. The van der Waals surface area contributed by atoms with Gasteiger partial charge in [-0.15, -0.1) is 0 Å². The normalized spacial score (nSPS) is 54.4. The second-order valence-electron chi connectivity index (χ2n) is 56.1. The van der Waals surface area contributed by atoms with Gasteiger partial charge < -0.3 is 0 Å². The Balaban J connectivity index is 0.000000100. The summed E-state index contributed by atoms with van der Waals surface area (Å²) in [6.45, 7) is 77.1. The fourth-order valence-electron chi connectivity index (χ4n) is 40.3. The van der Waals surface area contributed by atoms with Gasteiger partial charge in [0.2, 0.25) is 0 Å². The summed E-state index contributed by atoms with van der Waals surface area (Å²) in [5.41, 5.74) is 10.8. The highest BCUT2D eigenvalue weighted by Crippen LogP contribution is 2.79. The summed E-state index contributed by atoms with van der Waals surface area (Å²) >= 11 is 0. The van der Waals surface area contributed by atoms with Crippen molar-refractivity contribution in [1.82, 2.24) is 0 Å². The van der Waals surface area contributed by atoms with Gasteiger partial charge >= 0.3 is 0 Å². The number of fused-ring (bicyclic) bond motifs is 30. The Morgan fingerprint density at radius 1 is 0.268 bits per heavy atom. The van der Waals surface area contributed by atoms with E-state index in [2.05, 4.69) is 215 Å². The zero-order valence-electron chi connectivity index (χ0n) is 81.5. The van der Waals surface area contributed by atoms with Crippen molar-refractivity contribution in [3.8, 4) is 0 Å². The summed E-state index contributed by atoms with van der Waals surface area (Å²) in [7, 11) is 0. The maximum Gasteiger partial charge on any atom is -0.0218 e. The molecule has 28 atom stereocenters. The third-order valence-electron chi connectivity index (χ3n) is 51.2. The molecule has 0 aliphatic heterocycles. The Kier molecular flexibility index (Phi) is 22.3. The SMILES string of the molecule is CC(C)C1(C)C2CC3CC(C2)CC1C3.CC1(C)CC2CC1C1C3CCC(C3)C21.CC1(C)CC2CCC1(C)C2(C)C.CC1(C)CC2CCC1C2.CC12CCC(C1)C(C)(C)C2(C)C.CCC1(C)C2(C)CCC(C2)C1(C)C.CCC1(C)CC2CC1C1C3CCC(C3)C21.CCC1(C)CC2CCC1(C)C2(C)C.CCC1(C)CC2CCC1C2. The zero-order valence-corrected chi connectivity index (χ0v) is 81.5. The molecule has 0 nitrogen and oxygen atoms in total. The monoisotopic (exact) mass is 1540 g/mol. The van der Waals surface area contributed by atoms with Crippen LogP contribution in [0.1, 0.15) is 465 Å². The van der Waals surface area contributed by atoms with Crippen LogP contribution in [-0.2, 0) is 0 Å². The summed E-state index contributed by atoms with van der Waals surface area (Å²) in [4.78, 5) is 0. The summed E-state index contributed by atoms with van der Waals surface area (Å²) in [5, 5.41) is 0. The maximum absolute atomic E-state index is 2.60. The van der Waals surface area contributed by atoms with Crippen molar-refractivity contribution in [2.75, 3.05) is 0 Å². The third-order valence-corrected chi connectivity index (χ3v) is 51.2. The van der Waals surface area contributed by atoms with Gasteiger partial charge in [0.1, 0.15) is 0 Å². The van der Waals surface area contributed by atoms with Crippen molar-refractivity contribution in [3.05, 3.63) is 0 Å². The molecule has 0 heterocycles. The number of rotatable bonds is 5. The molecular formula is C112H196. The van der Waals surface area contributed by atoms with Gasteiger partial charge in [-0.2, -0.15) is 0 Å². The summed E-state index contributed by atoms with van der Waals surface area (Å²) in [5.74, 6) is 27.8. The van der Waals surface area contributed by atoms with E-state index < -0.39 is 0 Å². The first-order chi connectivity index (χ1) is 51.8. The highest BCUT2D eigenvalue weighted by molar-refractivity contribution is 5.20. The molecule has 24 saturated carbocycles. The van der Waals surface area contributed by atoms with Crippen LogP contribution in [0.3, 0.4) is 0 Å². The van der Waals surface area contributed by atoms with E-state index in [1.165, 1.54) is 182 Å². The molecule has 0 spiro atoms. The van der Waals surface area contributed by atoms with Gasteiger partial charge in [0.05, 0.1) is 0 Å². The molecule has 28 unspecified atom stereocenters. The smallest absolute Gasteiger partial charge is 0.0218 e. The third kappa shape index (κ3) is 12.9. The van der Waals surface area contributed by atoms with Gasteiger partial charge in [0.15, 0.2) is 0 Å². The molecule has 0 heteroatoms. The lowest BCUT2D eigenvalue weighted by molar-refractivity contribution is -0.122. The van der Waals surface area contributed by atoms with Gasteiger partial charge in [-0.3, -0.25) is 0 Å². The van der Waals surface area contributed by atoms with Crippen molar-refractivity contribution in [2.24, 2.45) is 240 Å². The van der Waals surface area contributed by atoms with E-state index in [0.717, 1.165) is 111 Å². The predicted octanol–water partition coefficient (Wildman–Crippen LogP) is 34.2. The second kappa shape index (κ2) is 28.8. The highest BCUT2D eigenvalue weighted by Gasteiger charge is 2.71. The topological polar surface area (TPSA) is 0 Å². The molecule has 24 aliphatic rings. The van der Waals surface area contributed by atoms with E-state index in [1.807, 2.05) is 0 Å². The van der Waals surface area contributed by atoms with Gasteiger partial charge in [-0.1, -0.05) is 247 Å². The molecule has 644 valence electrons. The molecule has 0 aromatic rings. The van der Waals surface area contributed by atoms with Crippen molar-refractivity contribution in [1.29, 1.82) is 0 Å². The molecule has 24 aliphatic carbocycles. The van der Waals surface area contributed by atoms with Crippen LogP contribution in [0.25, 0.3) is 0 Å². The van der Waals surface area contributed by atoms with Crippen LogP contribution in [0.15, 0.2) is 0 Å². The van der Waals surface area contributed by atoms with Crippen molar-refractivity contribution < 1.29 is 0 Å². The van der Waals surface area contributed by atoms with Crippen molar-refractivity contribution in [2.45, 2.75) is 465 Å². The molecule has 24 fully saturated rings. The first kappa shape index (κ1) is 86.9. The van der Waals surface area contributed by atoms with Crippen LogP contribution in [0.2, 0.25) is 0 Å². The lowest BCUT2D eigenvalue weighted by Gasteiger charge is -2.62. The van der Waals surface area contributed by atoms with Gasteiger partial charge in [-0.25, -0.2) is 0 Å². The molecule has 0 radical (unpaired) electrons. The highest BCUT2D eigenvalue weighted by atomic mass is 14.8. The lowest BCUT2D eigenvalue weighted by atomic mass is 9.43. The fourth-order valence-corrected chi connectivity index (χ4v) is 40.3. The van der Waals surface area contributed by atoms with E-state index >= 15 is 0 Å². The van der Waals surface area contributed by atoms with E-state index in [4.69, 9.17) is 0 Å². The van der Waals surface area contributed by atoms with E-state index in [9.17, 15) is 0 Å². The Labute approximate surface area is 700 Å². The molecule has 0 amide bonds. The van der Waals surface area contributed by atoms with Crippen molar-refractivity contribution in [3.63, 3.8) is 0 Å². The fraction of sp³-hybridized carbons (Fsp3) is 1.00. The minimum absolute atomic E-state index is 0.545. The Morgan fingerprint density at radius 2 is 0.705 bits per heavy atom. The quantitative estimate of drug-likeness (QED) is 0.241. The van der Waals surface area contributed by atoms with E-state index in [1.54, 1.807) is 116 Å². The number of hydrogen-bond acceptors (Lipinski definition) is 0. The van der Waals surface area contributed by atoms with E-state index in [0.29, 0.717) is 81.2 Å². The Hall–Kier alpha value is 0. The minimum atomic E-state index is 0.545. The molecule has 0 saturated heterocycles. The lowest BCUT2D eigenvalue weighted by Crippen LogP contribution is -2.53. The molecule has 112 heavy (non-hydrogen) atoms. The second-order valence-corrected chi connectivity index (χ2v) is 56.1.